The summed E-state index contributed by atoms with van der Waals surface area (Å²) >= 11 is 0. The van der Waals surface area contributed by atoms with Crippen molar-refractivity contribution in [3.63, 3.8) is 0 Å². The second-order valence-corrected chi connectivity index (χ2v) is 4.36. The summed E-state index contributed by atoms with van der Waals surface area (Å²) in [4.78, 5) is 0. The topological polar surface area (TPSA) is 99.5 Å². The Bertz CT molecular complexity index is 253. The third-order valence-electron chi connectivity index (χ3n) is 1.76. The molecule has 0 radical (unpaired) electrons. The van der Waals surface area contributed by atoms with Crippen molar-refractivity contribution in [1.29, 1.82) is 0 Å². The molecule has 0 N–H and O–H groups in total. The monoisotopic (exact) mass is 452 g/mol. The number of rotatable bonds is 2. The van der Waals surface area contributed by atoms with Crippen molar-refractivity contribution in [2.75, 3.05) is 6.66 Å². The van der Waals surface area contributed by atoms with Gasteiger partial charge in [0.2, 0.25) is 0 Å². The second kappa shape index (κ2) is 43.2. The maximum Gasteiger partial charge on any atom is 0 e. The van der Waals surface area contributed by atoms with E-state index >= 15 is 0 Å². The Kier molecular flexibility index (Phi) is 82.5. The van der Waals surface area contributed by atoms with Gasteiger partial charge in [-0.1, -0.05) is 21.8 Å². The normalized spacial score (nSPS) is 8.89. The number of hydrogen-bond acceptors (Lipinski definition) is 0. The van der Waals surface area contributed by atoms with Crippen LogP contribution in [0.25, 0.3) is 0 Å². The summed E-state index contributed by atoms with van der Waals surface area (Å²) in [7, 11) is 0.336. The molecule has 0 unspecified atom stereocenters. The van der Waals surface area contributed by atoms with Crippen molar-refractivity contribution in [2.24, 2.45) is 0 Å². The Morgan fingerprint density at radius 1 is 0.684 bits per heavy atom. The van der Waals surface area contributed by atoms with Crippen molar-refractivity contribution in [2.45, 2.75) is 26.7 Å². The van der Waals surface area contributed by atoms with Crippen molar-refractivity contribution in [3.8, 4) is 0 Å². The summed E-state index contributed by atoms with van der Waals surface area (Å²) in [5, 5.41) is 3.56. The van der Waals surface area contributed by atoms with Crippen LogP contribution in [0.2, 0.25) is 0 Å². The van der Waals surface area contributed by atoms with Crippen LogP contribution in [0.4, 0.5) is 0 Å². The van der Waals surface area contributed by atoms with Crippen LogP contribution in [0.3, 0.4) is 0 Å². The Labute approximate surface area is 129 Å². The first-order chi connectivity index (χ1) is 8.81. The fraction of sp³-hybridized carbons (Fsp3) is 0.417. The molecule has 5 nitrogen and oxygen atoms in total. The molecular weight excluding hydrogens is 439 g/mol. The maximum atomic E-state index is 7.50. The molecule has 0 aromatic heterocycles. The standard InChI is InChI=1S/C7H13P.5CO.W/c1-4-6-7(5-2)8(6)3;5*1-2;/h4-5H2,1-3H3;;;;;;. The summed E-state index contributed by atoms with van der Waals surface area (Å²) in [5.74, 6) is 0. The van der Waals surface area contributed by atoms with Crippen LogP contribution in [0, 0.1) is 33.3 Å². The molecule has 102 valence electrons. The molecule has 1 aliphatic rings. The van der Waals surface area contributed by atoms with Gasteiger partial charge < -0.3 is 0 Å². The van der Waals surface area contributed by atoms with Crippen molar-refractivity contribution in [1.82, 2.24) is 0 Å². The molecule has 0 saturated heterocycles. The summed E-state index contributed by atoms with van der Waals surface area (Å²) in [6.45, 7) is 29.4. The molecule has 7 heteroatoms. The summed E-state index contributed by atoms with van der Waals surface area (Å²) < 4.78 is 37.5. The number of allylic oxidation sites excluding steroid dienone is 2. The van der Waals surface area contributed by atoms with E-state index in [9.17, 15) is 0 Å². The maximum absolute atomic E-state index is 7.50. The Balaban J connectivity index is -0.0000000332. The molecule has 19 heavy (non-hydrogen) atoms. The molecule has 0 atom stereocenters. The first-order valence-electron chi connectivity index (χ1n) is 4.29. The van der Waals surface area contributed by atoms with Crippen LogP contribution >= 0.6 is 7.92 Å². The van der Waals surface area contributed by atoms with Gasteiger partial charge in [0, 0.05) is 21.1 Å². The molecule has 0 fully saturated rings. The minimum absolute atomic E-state index is 0. The van der Waals surface area contributed by atoms with Gasteiger partial charge in [-0.2, -0.15) is 0 Å². The van der Waals surface area contributed by atoms with Gasteiger partial charge in [0.05, 0.1) is 0 Å². The van der Waals surface area contributed by atoms with E-state index < -0.39 is 0 Å². The van der Waals surface area contributed by atoms with Gasteiger partial charge in [0.25, 0.3) is 0 Å². The van der Waals surface area contributed by atoms with E-state index in [1.54, 1.807) is 10.6 Å². The molecule has 0 spiro atoms. The Hall–Kier alpha value is -0.442. The zero-order valence-electron chi connectivity index (χ0n) is 10.8. The van der Waals surface area contributed by atoms with Gasteiger partial charge in [-0.05, 0) is 30.1 Å². The van der Waals surface area contributed by atoms with Crippen LogP contribution in [0.15, 0.2) is 10.6 Å². The molecule has 0 amide bonds. The van der Waals surface area contributed by atoms with Gasteiger partial charge in [0.15, 0.2) is 0 Å². The zero-order valence-corrected chi connectivity index (χ0v) is 14.6. The fourth-order valence-corrected chi connectivity index (χ4v) is 3.48. The van der Waals surface area contributed by atoms with Crippen LogP contribution in [0.1, 0.15) is 26.7 Å². The minimum Gasteiger partial charge on any atom is 0 e. The average Bonchev–Trinajstić information content (AvgIpc) is 3.18. The predicted molar refractivity (Wildman–Crippen MR) is 60.1 cm³/mol. The van der Waals surface area contributed by atoms with Crippen LogP contribution in [-0.4, -0.2) is 6.66 Å². The molecule has 0 aliphatic carbocycles. The Morgan fingerprint density at radius 2 is 0.842 bits per heavy atom. The summed E-state index contributed by atoms with van der Waals surface area (Å²) in [6.07, 6.45) is 2.62. The quantitative estimate of drug-likeness (QED) is 0.350. The molecule has 0 saturated carbocycles. The van der Waals surface area contributed by atoms with E-state index in [2.05, 4.69) is 53.8 Å². The van der Waals surface area contributed by atoms with E-state index in [1.165, 1.54) is 12.8 Å². The van der Waals surface area contributed by atoms with Gasteiger partial charge >= 0.3 is 56.5 Å². The summed E-state index contributed by atoms with van der Waals surface area (Å²) in [5.41, 5.74) is 0. The van der Waals surface area contributed by atoms with Crippen molar-refractivity contribution >= 4 is 7.92 Å². The van der Waals surface area contributed by atoms with Gasteiger partial charge in [-0.25, -0.2) is 0 Å². The van der Waals surface area contributed by atoms with E-state index in [4.69, 9.17) is 23.3 Å². The SMILES string of the molecule is CCC1=C(CC)P1C.[C-]#[O+].[C-]#[O+].[C-]#[O+].[C-]#[O+].[C-]#[O+].[W]. The van der Waals surface area contributed by atoms with Gasteiger partial charge in [-0.15, -0.1) is 0 Å². The smallest absolute Gasteiger partial charge is 0 e. The van der Waals surface area contributed by atoms with E-state index in [0.29, 0.717) is 7.92 Å². The van der Waals surface area contributed by atoms with Crippen molar-refractivity contribution in [3.05, 3.63) is 43.9 Å². The molecule has 0 aromatic carbocycles. The average molecular weight is 452 g/mol. The van der Waals surface area contributed by atoms with Crippen LogP contribution in [-0.2, 0) is 44.3 Å². The van der Waals surface area contributed by atoms with E-state index in [-0.39, 0.29) is 21.1 Å². The first kappa shape index (κ1) is 36.3. The van der Waals surface area contributed by atoms with Gasteiger partial charge in [-0.3, -0.25) is 0 Å². The third kappa shape index (κ3) is 23.1. The predicted octanol–water partition coefficient (Wildman–Crippen LogP) is 2.95. The molecule has 1 rings (SSSR count). The number of hydrogen-bond donors (Lipinski definition) is 0. The third-order valence-corrected chi connectivity index (χ3v) is 4.33. The largest absolute Gasteiger partial charge is 0 e. The first-order valence-corrected chi connectivity index (χ1v) is 6.08. The van der Waals surface area contributed by atoms with E-state index in [0.717, 1.165) is 0 Å². The minimum atomic E-state index is 0. The molecule has 0 aromatic rings. The van der Waals surface area contributed by atoms with Crippen molar-refractivity contribution < 1.29 is 44.3 Å². The zero-order chi connectivity index (χ0) is 16.1. The van der Waals surface area contributed by atoms with Gasteiger partial charge in [0.1, 0.15) is 0 Å². The Morgan fingerprint density at radius 3 is 0.895 bits per heavy atom. The molecule has 1 aliphatic heterocycles. The van der Waals surface area contributed by atoms with Crippen LogP contribution in [0.5, 0.6) is 0 Å². The summed E-state index contributed by atoms with van der Waals surface area (Å²) in [6, 6.07) is 0. The molecule has 0 bridgehead atoms. The molecular formula is C12H13O5PW. The fourth-order valence-electron chi connectivity index (χ4n) is 1.23. The second-order valence-electron chi connectivity index (χ2n) is 2.16. The molecule has 1 heterocycles. The van der Waals surface area contributed by atoms with Crippen LogP contribution < -0.4 is 0 Å². The van der Waals surface area contributed by atoms with E-state index in [1.807, 2.05) is 0 Å².